The van der Waals surface area contributed by atoms with Crippen molar-refractivity contribution < 1.29 is 4.79 Å². The maximum Gasteiger partial charge on any atom is 0.288 e. The van der Waals surface area contributed by atoms with Gasteiger partial charge in [-0.25, -0.2) is 5.43 Å². The van der Waals surface area contributed by atoms with E-state index in [1.54, 1.807) is 0 Å². The minimum atomic E-state index is -0.241. The van der Waals surface area contributed by atoms with Crippen LogP contribution < -0.4 is 5.43 Å². The fourth-order valence-corrected chi connectivity index (χ4v) is 3.12. The van der Waals surface area contributed by atoms with Crippen molar-refractivity contribution in [2.75, 3.05) is 0 Å². The Bertz CT molecular complexity index is 955. The average Bonchev–Trinajstić information content (AvgIpc) is 2.96. The van der Waals surface area contributed by atoms with Gasteiger partial charge in [0.15, 0.2) is 0 Å². The van der Waals surface area contributed by atoms with E-state index in [9.17, 15) is 4.79 Å². The first-order valence-corrected chi connectivity index (χ1v) is 9.00. The van der Waals surface area contributed by atoms with Gasteiger partial charge in [-0.3, -0.25) is 4.79 Å². The van der Waals surface area contributed by atoms with Crippen LogP contribution >= 0.6 is 15.9 Å². The number of H-pyrrole nitrogens is 1. The number of halogens is 1. The zero-order chi connectivity index (χ0) is 18.0. The lowest BCUT2D eigenvalue weighted by Gasteiger charge is -2.04. The maximum atomic E-state index is 12.5. The number of nitrogens with zero attached hydrogens (tertiary/aromatic N) is 1. The number of amides is 1. The Balaban J connectivity index is 1.80. The monoisotopic (exact) mass is 397 g/mol. The number of rotatable bonds is 4. The van der Waals surface area contributed by atoms with Crippen LogP contribution in [0.25, 0.3) is 10.9 Å². The number of hydrogen-bond acceptors (Lipinski definition) is 2. The van der Waals surface area contributed by atoms with E-state index in [4.69, 9.17) is 0 Å². The van der Waals surface area contributed by atoms with E-state index < -0.39 is 0 Å². The summed E-state index contributed by atoms with van der Waals surface area (Å²) in [5.41, 5.74) is 8.07. The molecule has 0 fully saturated rings. The number of hydrogen-bond donors (Lipinski definition) is 2. The van der Waals surface area contributed by atoms with Crippen LogP contribution in [-0.2, 0) is 6.42 Å². The second-order valence-corrected chi connectivity index (χ2v) is 6.92. The molecule has 0 aliphatic heterocycles. The number of aromatic nitrogens is 1. The number of hydrazone groups is 1. The van der Waals surface area contributed by atoms with Crippen molar-refractivity contribution >= 4 is 38.5 Å². The molecular weight excluding hydrogens is 378 g/mol. The third-order valence-corrected chi connectivity index (χ3v) is 4.85. The molecule has 0 bridgehead atoms. The van der Waals surface area contributed by atoms with E-state index in [-0.39, 0.29) is 5.91 Å². The molecule has 2 aromatic carbocycles. The minimum Gasteiger partial charge on any atom is -0.350 e. The van der Waals surface area contributed by atoms with Crippen LogP contribution in [0.4, 0.5) is 0 Å². The van der Waals surface area contributed by atoms with Crippen molar-refractivity contribution in [2.24, 2.45) is 5.10 Å². The van der Waals surface area contributed by atoms with E-state index in [0.717, 1.165) is 38.6 Å². The Morgan fingerprint density at radius 2 is 1.92 bits per heavy atom. The molecule has 3 aromatic rings. The summed E-state index contributed by atoms with van der Waals surface area (Å²) in [7, 11) is 0. The van der Waals surface area contributed by atoms with Gasteiger partial charge in [-0.05, 0) is 55.2 Å². The largest absolute Gasteiger partial charge is 0.350 e. The van der Waals surface area contributed by atoms with Gasteiger partial charge in [0.25, 0.3) is 5.91 Å². The molecule has 128 valence electrons. The molecule has 5 heteroatoms. The third-order valence-electron chi connectivity index (χ3n) is 4.35. The summed E-state index contributed by atoms with van der Waals surface area (Å²) in [4.78, 5) is 15.7. The molecule has 0 aliphatic carbocycles. The first-order valence-electron chi connectivity index (χ1n) is 8.21. The number of aromatic amines is 1. The maximum absolute atomic E-state index is 12.5. The van der Waals surface area contributed by atoms with Gasteiger partial charge >= 0.3 is 0 Å². The van der Waals surface area contributed by atoms with Gasteiger partial charge < -0.3 is 4.98 Å². The molecule has 0 saturated carbocycles. The van der Waals surface area contributed by atoms with Crippen LogP contribution in [0.5, 0.6) is 0 Å². The molecular formula is C20H20BrN3O. The summed E-state index contributed by atoms with van der Waals surface area (Å²) in [5, 5.41) is 5.27. The van der Waals surface area contributed by atoms with E-state index in [1.807, 2.05) is 44.2 Å². The number of carbonyl (C=O) groups is 1. The molecule has 0 spiro atoms. The first kappa shape index (κ1) is 17.4. The SMILES string of the molecule is CCc1ccc(C(C)=NNC(=O)c2[nH]c3ccc(Br)cc3c2C)cc1. The van der Waals surface area contributed by atoms with Crippen LogP contribution in [0.2, 0.25) is 0 Å². The normalized spacial score (nSPS) is 11.8. The number of carbonyl (C=O) groups excluding carboxylic acids is 1. The van der Waals surface area contributed by atoms with Gasteiger partial charge in [0.2, 0.25) is 0 Å². The summed E-state index contributed by atoms with van der Waals surface area (Å²) in [6, 6.07) is 14.1. The van der Waals surface area contributed by atoms with Gasteiger partial charge in [-0.1, -0.05) is 47.1 Å². The fourth-order valence-electron chi connectivity index (χ4n) is 2.76. The van der Waals surface area contributed by atoms with Gasteiger partial charge in [0.1, 0.15) is 5.69 Å². The van der Waals surface area contributed by atoms with E-state index >= 15 is 0 Å². The molecule has 0 aliphatic rings. The highest BCUT2D eigenvalue weighted by Gasteiger charge is 2.14. The number of fused-ring (bicyclic) bond motifs is 1. The third kappa shape index (κ3) is 3.66. The van der Waals surface area contributed by atoms with Crippen molar-refractivity contribution in [3.63, 3.8) is 0 Å². The van der Waals surface area contributed by atoms with E-state index in [2.05, 4.69) is 50.5 Å². The van der Waals surface area contributed by atoms with Crippen LogP contribution in [0.1, 0.15) is 41.0 Å². The van der Waals surface area contributed by atoms with Crippen LogP contribution in [-0.4, -0.2) is 16.6 Å². The van der Waals surface area contributed by atoms with Crippen molar-refractivity contribution in [1.29, 1.82) is 0 Å². The zero-order valence-corrected chi connectivity index (χ0v) is 16.1. The van der Waals surface area contributed by atoms with Gasteiger partial charge in [-0.2, -0.15) is 5.10 Å². The highest BCUT2D eigenvalue weighted by atomic mass is 79.9. The molecule has 0 atom stereocenters. The van der Waals surface area contributed by atoms with Crippen molar-refractivity contribution in [3.05, 3.63) is 69.3 Å². The predicted molar refractivity (Wildman–Crippen MR) is 106 cm³/mol. The summed E-state index contributed by atoms with van der Waals surface area (Å²) >= 11 is 3.46. The molecule has 0 saturated heterocycles. The van der Waals surface area contributed by atoms with Gasteiger partial charge in [0.05, 0.1) is 5.71 Å². The average molecular weight is 398 g/mol. The van der Waals surface area contributed by atoms with Gasteiger partial charge in [0, 0.05) is 15.4 Å². The Labute approximate surface area is 155 Å². The molecule has 0 unspecified atom stereocenters. The summed E-state index contributed by atoms with van der Waals surface area (Å²) in [6.45, 7) is 5.94. The highest BCUT2D eigenvalue weighted by Crippen LogP contribution is 2.25. The molecule has 1 aromatic heterocycles. The lowest BCUT2D eigenvalue weighted by molar-refractivity contribution is 0.0950. The minimum absolute atomic E-state index is 0.241. The Morgan fingerprint density at radius 1 is 1.20 bits per heavy atom. The Morgan fingerprint density at radius 3 is 2.60 bits per heavy atom. The second kappa shape index (κ2) is 7.23. The first-order chi connectivity index (χ1) is 12.0. The molecule has 25 heavy (non-hydrogen) atoms. The number of aryl methyl sites for hydroxylation is 2. The summed E-state index contributed by atoms with van der Waals surface area (Å²) in [6.07, 6.45) is 1.00. The molecule has 1 heterocycles. The molecule has 0 radical (unpaired) electrons. The number of benzene rings is 2. The molecule has 3 rings (SSSR count). The summed E-state index contributed by atoms with van der Waals surface area (Å²) < 4.78 is 0.985. The Hall–Kier alpha value is -2.40. The summed E-state index contributed by atoms with van der Waals surface area (Å²) in [5.74, 6) is -0.241. The second-order valence-electron chi connectivity index (χ2n) is 6.00. The van der Waals surface area contributed by atoms with Crippen LogP contribution in [0, 0.1) is 6.92 Å². The van der Waals surface area contributed by atoms with Crippen LogP contribution in [0.15, 0.2) is 52.0 Å². The molecule has 1 amide bonds. The standard InChI is InChI=1S/C20H20BrN3O/c1-4-14-5-7-15(8-6-14)13(3)23-24-20(25)19-12(2)17-11-16(21)9-10-18(17)22-19/h5-11,22H,4H2,1-3H3,(H,24,25). The lowest BCUT2D eigenvalue weighted by atomic mass is 10.1. The smallest absolute Gasteiger partial charge is 0.288 e. The quantitative estimate of drug-likeness (QED) is 0.474. The Kier molecular flexibility index (Phi) is 5.04. The van der Waals surface area contributed by atoms with Crippen LogP contribution in [0.3, 0.4) is 0 Å². The van der Waals surface area contributed by atoms with E-state index in [1.165, 1.54) is 5.56 Å². The van der Waals surface area contributed by atoms with E-state index in [0.29, 0.717) is 5.69 Å². The van der Waals surface area contributed by atoms with Crippen molar-refractivity contribution in [2.45, 2.75) is 27.2 Å². The number of nitrogens with one attached hydrogen (secondary N) is 2. The lowest BCUT2D eigenvalue weighted by Crippen LogP contribution is -2.20. The van der Waals surface area contributed by atoms with Gasteiger partial charge in [-0.15, -0.1) is 0 Å². The van der Waals surface area contributed by atoms with Crippen molar-refractivity contribution in [3.8, 4) is 0 Å². The topological polar surface area (TPSA) is 57.2 Å². The highest BCUT2D eigenvalue weighted by molar-refractivity contribution is 9.10. The fraction of sp³-hybridized carbons (Fsp3) is 0.200. The van der Waals surface area contributed by atoms with Crippen molar-refractivity contribution in [1.82, 2.24) is 10.4 Å². The zero-order valence-electron chi connectivity index (χ0n) is 14.5. The molecule has 2 N–H and O–H groups in total. The predicted octanol–water partition coefficient (Wildman–Crippen LogP) is 4.96. The molecule has 4 nitrogen and oxygen atoms in total.